The lowest BCUT2D eigenvalue weighted by atomic mass is 10.0. The van der Waals surface area contributed by atoms with E-state index in [1.54, 1.807) is 6.07 Å². The van der Waals surface area contributed by atoms with Gasteiger partial charge in [-0.15, -0.1) is 0 Å². The van der Waals surface area contributed by atoms with Crippen LogP contribution in [0.3, 0.4) is 0 Å². The maximum atomic E-state index is 12.9. The molecule has 1 aromatic heterocycles. The topological polar surface area (TPSA) is 33.2 Å². The molecule has 0 saturated carbocycles. The molecule has 4 rings (SSSR count). The van der Waals surface area contributed by atoms with E-state index in [2.05, 4.69) is 0 Å². The third kappa shape index (κ3) is 1.69. The fourth-order valence-corrected chi connectivity index (χ4v) is 3.24. The third-order valence-electron chi connectivity index (χ3n) is 4.02. The molecule has 3 nitrogen and oxygen atoms in total. The number of benzene rings is 2. The number of halogens is 1. The molecule has 2 aromatic carbocycles. The molecule has 1 heterocycles. The number of rotatable bonds is 1. The highest BCUT2D eigenvalue weighted by molar-refractivity contribution is 6.33. The summed E-state index contributed by atoms with van der Waals surface area (Å²) in [5.41, 5.74) is 4.03. The van der Waals surface area contributed by atoms with Gasteiger partial charge in [0, 0.05) is 41.2 Å². The van der Waals surface area contributed by atoms with E-state index in [0.717, 1.165) is 33.4 Å². The van der Waals surface area contributed by atoms with Crippen molar-refractivity contribution in [2.24, 2.45) is 0 Å². The fraction of sp³-hybridized carbons (Fsp3) is 0.111. The molecule has 1 aliphatic carbocycles. The summed E-state index contributed by atoms with van der Waals surface area (Å²) in [6.45, 7) is 0. The lowest BCUT2D eigenvalue weighted by Crippen LogP contribution is -2.13. The Bertz CT molecular complexity index is 947. The Hall–Kier alpha value is -2.39. The zero-order valence-corrected chi connectivity index (χ0v) is 13.0. The van der Waals surface area contributed by atoms with E-state index >= 15 is 0 Å². The van der Waals surface area contributed by atoms with Crippen LogP contribution in [-0.4, -0.2) is 24.9 Å². The highest BCUT2D eigenvalue weighted by Gasteiger charge is 2.32. The highest BCUT2D eigenvalue weighted by Crippen LogP contribution is 2.45. The normalized spacial score (nSPS) is 12.4. The molecule has 0 fully saturated rings. The maximum absolute atomic E-state index is 12.9. The van der Waals surface area contributed by atoms with Crippen molar-refractivity contribution in [2.75, 3.05) is 19.0 Å². The van der Waals surface area contributed by atoms with Crippen molar-refractivity contribution in [1.82, 2.24) is 4.98 Å². The molecule has 0 atom stereocenters. The minimum Gasteiger partial charge on any atom is -0.362 e. The molecule has 4 heteroatoms. The van der Waals surface area contributed by atoms with Gasteiger partial charge in [0.1, 0.15) is 5.82 Å². The number of hydrogen-bond acceptors (Lipinski definition) is 3. The molecular weight excluding hydrogens is 296 g/mol. The zero-order chi connectivity index (χ0) is 15.4. The van der Waals surface area contributed by atoms with Crippen molar-refractivity contribution in [3.63, 3.8) is 0 Å². The molecule has 0 saturated heterocycles. The fourth-order valence-electron chi connectivity index (χ4n) is 3.07. The molecule has 0 radical (unpaired) electrons. The number of aromatic nitrogens is 1. The van der Waals surface area contributed by atoms with E-state index in [-0.39, 0.29) is 5.78 Å². The molecule has 0 amide bonds. The van der Waals surface area contributed by atoms with Crippen LogP contribution in [0.4, 0.5) is 5.82 Å². The first-order valence-electron chi connectivity index (χ1n) is 7.02. The van der Waals surface area contributed by atoms with Crippen LogP contribution < -0.4 is 4.90 Å². The van der Waals surface area contributed by atoms with Crippen LogP contribution in [0.2, 0.25) is 5.02 Å². The number of carbonyl (C=O) groups excluding carboxylic acids is 1. The minimum absolute atomic E-state index is 0.0224. The van der Waals surface area contributed by atoms with Crippen LogP contribution in [0.25, 0.3) is 22.0 Å². The van der Waals surface area contributed by atoms with Crippen molar-refractivity contribution in [2.45, 2.75) is 0 Å². The molecule has 0 unspecified atom stereocenters. The summed E-state index contributed by atoms with van der Waals surface area (Å²) in [6, 6.07) is 13.2. The van der Waals surface area contributed by atoms with Crippen LogP contribution in [0.5, 0.6) is 0 Å². The Labute approximate surface area is 133 Å². The summed E-state index contributed by atoms with van der Waals surface area (Å²) < 4.78 is 0. The van der Waals surface area contributed by atoms with Crippen LogP contribution in [0.1, 0.15) is 15.9 Å². The Kier molecular flexibility index (Phi) is 2.75. The number of ketones is 1. The first kappa shape index (κ1) is 13.3. The van der Waals surface area contributed by atoms with E-state index < -0.39 is 0 Å². The Balaban J connectivity index is 2.19. The Morgan fingerprint density at radius 1 is 1.00 bits per heavy atom. The number of pyridine rings is 1. The summed E-state index contributed by atoms with van der Waals surface area (Å²) in [5, 5.41) is 1.46. The van der Waals surface area contributed by atoms with Gasteiger partial charge in [-0.25, -0.2) is 4.98 Å². The molecule has 3 aromatic rings. The van der Waals surface area contributed by atoms with E-state index in [1.165, 1.54) is 0 Å². The minimum atomic E-state index is 0.0224. The van der Waals surface area contributed by atoms with Gasteiger partial charge in [-0.2, -0.15) is 0 Å². The van der Waals surface area contributed by atoms with Gasteiger partial charge < -0.3 is 4.90 Å². The molecule has 0 aliphatic heterocycles. The average molecular weight is 309 g/mol. The first-order chi connectivity index (χ1) is 10.6. The van der Waals surface area contributed by atoms with E-state index in [4.69, 9.17) is 16.6 Å². The van der Waals surface area contributed by atoms with Crippen LogP contribution in [0, 0.1) is 0 Å². The second-order valence-electron chi connectivity index (χ2n) is 5.62. The SMILES string of the molecule is CN(C)c1nc2ccccc2c2c1-c1ccc(Cl)cc1C2=O. The van der Waals surface area contributed by atoms with Crippen molar-refractivity contribution < 1.29 is 4.79 Å². The van der Waals surface area contributed by atoms with Gasteiger partial charge in [0.05, 0.1) is 5.52 Å². The van der Waals surface area contributed by atoms with Crippen LogP contribution in [0.15, 0.2) is 42.5 Å². The van der Waals surface area contributed by atoms with Crippen LogP contribution >= 0.6 is 11.6 Å². The van der Waals surface area contributed by atoms with Crippen molar-refractivity contribution in [1.29, 1.82) is 0 Å². The quantitative estimate of drug-likeness (QED) is 0.529. The summed E-state index contributed by atoms with van der Waals surface area (Å²) >= 11 is 6.07. The second-order valence-corrected chi connectivity index (χ2v) is 6.05. The molecule has 0 N–H and O–H groups in total. The summed E-state index contributed by atoms with van der Waals surface area (Å²) in [6.07, 6.45) is 0. The Morgan fingerprint density at radius 2 is 1.77 bits per heavy atom. The van der Waals surface area contributed by atoms with E-state index in [1.807, 2.05) is 55.4 Å². The largest absolute Gasteiger partial charge is 0.362 e. The van der Waals surface area contributed by atoms with Crippen LogP contribution in [-0.2, 0) is 0 Å². The number of fused-ring (bicyclic) bond motifs is 5. The number of nitrogens with zero attached hydrogens (tertiary/aromatic N) is 2. The van der Waals surface area contributed by atoms with Gasteiger partial charge in [-0.05, 0) is 23.8 Å². The number of anilines is 1. The second kappa shape index (κ2) is 4.55. The monoisotopic (exact) mass is 308 g/mol. The van der Waals surface area contributed by atoms with Gasteiger partial charge in [0.15, 0.2) is 5.78 Å². The summed E-state index contributed by atoms with van der Waals surface area (Å²) in [7, 11) is 3.88. The van der Waals surface area contributed by atoms with Gasteiger partial charge in [-0.3, -0.25) is 4.79 Å². The van der Waals surface area contributed by atoms with E-state index in [0.29, 0.717) is 10.6 Å². The predicted molar refractivity (Wildman–Crippen MR) is 89.9 cm³/mol. The number of para-hydroxylation sites is 1. The predicted octanol–water partition coefficient (Wildman–Crippen LogP) is 4.17. The lowest BCUT2D eigenvalue weighted by Gasteiger charge is -2.17. The maximum Gasteiger partial charge on any atom is 0.195 e. The zero-order valence-electron chi connectivity index (χ0n) is 12.2. The van der Waals surface area contributed by atoms with Gasteiger partial charge in [0.25, 0.3) is 0 Å². The molecule has 1 aliphatic rings. The number of carbonyl (C=O) groups is 1. The van der Waals surface area contributed by atoms with Crippen molar-refractivity contribution >= 4 is 34.1 Å². The average Bonchev–Trinajstić information content (AvgIpc) is 2.80. The van der Waals surface area contributed by atoms with E-state index in [9.17, 15) is 4.79 Å². The highest BCUT2D eigenvalue weighted by atomic mass is 35.5. The van der Waals surface area contributed by atoms with Crippen molar-refractivity contribution in [3.05, 3.63) is 58.6 Å². The summed E-state index contributed by atoms with van der Waals surface area (Å²) in [5.74, 6) is 0.831. The third-order valence-corrected chi connectivity index (χ3v) is 4.25. The molecule has 108 valence electrons. The Morgan fingerprint density at radius 3 is 2.55 bits per heavy atom. The molecule has 22 heavy (non-hydrogen) atoms. The van der Waals surface area contributed by atoms with Crippen molar-refractivity contribution in [3.8, 4) is 11.1 Å². The molecule has 0 bridgehead atoms. The molecule has 0 spiro atoms. The van der Waals surface area contributed by atoms with Gasteiger partial charge >= 0.3 is 0 Å². The lowest BCUT2D eigenvalue weighted by molar-refractivity contribution is 0.104. The molecular formula is C18H13ClN2O. The van der Waals surface area contributed by atoms with Gasteiger partial charge in [-0.1, -0.05) is 35.9 Å². The standard InChI is InChI=1S/C18H13ClN2O/c1-21(2)18-16-11-8-7-10(19)9-13(11)17(22)15(16)12-5-3-4-6-14(12)20-18/h3-9H,1-2H3. The first-order valence-corrected chi connectivity index (χ1v) is 7.40. The smallest absolute Gasteiger partial charge is 0.195 e. The summed E-state index contributed by atoms with van der Waals surface area (Å²) in [4.78, 5) is 19.6. The van der Waals surface area contributed by atoms with Gasteiger partial charge in [0.2, 0.25) is 0 Å². The number of hydrogen-bond donors (Lipinski definition) is 0.